The minimum atomic E-state index is -4.83. The number of carbonyl (C=O) groups is 3. The molecule has 0 spiro atoms. The predicted molar refractivity (Wildman–Crippen MR) is 233 cm³/mol. The van der Waals surface area contributed by atoms with Crippen LogP contribution in [0.1, 0.15) is 55.6 Å². The number of rotatable bonds is 17. The molecule has 1 aliphatic rings. The van der Waals surface area contributed by atoms with Crippen LogP contribution in [0.2, 0.25) is 0 Å². The number of azide groups is 1. The monoisotopic (exact) mass is 883 g/mol. The number of azo groups is 1. The van der Waals surface area contributed by atoms with Gasteiger partial charge in [-0.25, -0.2) is 9.78 Å². The van der Waals surface area contributed by atoms with Gasteiger partial charge in [-0.15, -0.1) is 0 Å². The lowest BCUT2D eigenvalue weighted by molar-refractivity contribution is -0.141. The van der Waals surface area contributed by atoms with E-state index >= 15 is 0 Å². The minimum absolute atomic E-state index is 0.0391. The van der Waals surface area contributed by atoms with Gasteiger partial charge in [0.2, 0.25) is 5.88 Å². The Hall–Kier alpha value is -8.24. The summed E-state index contributed by atoms with van der Waals surface area (Å²) in [4.78, 5) is 46.6. The standard InChI is InChI=1S/C47H40F3N9O6/c1-59(46(62)65-43-39-12-4-2-10-37(39)38-11-3-5-13-40(38)43)29-30-26-41(47(48,49)50)55-42(27-30)64-36-9-6-8-32(28-36)45(61)53-24-23-52-44(60)31-14-16-33(17-15-31)56-57-34-18-20-35(21-19-34)63-25-7-22-54-58-51/h2-6,8-21,26-28,43H,7,22-25,29H2,1H3,(H,52,60)(H,53,61). The normalized spacial score (nSPS) is 11.8. The fourth-order valence-electron chi connectivity index (χ4n) is 6.77. The maximum Gasteiger partial charge on any atom is 0.433 e. The number of fused-ring (bicyclic) bond motifs is 3. The number of benzene rings is 5. The Balaban J connectivity index is 0.892. The van der Waals surface area contributed by atoms with E-state index < -0.39 is 35.9 Å². The molecule has 2 N–H and O–H groups in total. The number of alkyl halides is 3. The van der Waals surface area contributed by atoms with Gasteiger partial charge >= 0.3 is 12.3 Å². The fraction of sp³-hybridized carbons (Fsp3) is 0.191. The highest BCUT2D eigenvalue weighted by Gasteiger charge is 2.35. The van der Waals surface area contributed by atoms with Crippen molar-refractivity contribution in [3.05, 3.63) is 177 Å². The van der Waals surface area contributed by atoms with Gasteiger partial charge in [0.1, 0.15) is 17.2 Å². The summed E-state index contributed by atoms with van der Waals surface area (Å²) in [5, 5.41) is 17.3. The van der Waals surface area contributed by atoms with Gasteiger partial charge in [-0.1, -0.05) is 59.7 Å². The molecule has 1 aromatic heterocycles. The maximum atomic E-state index is 14.0. The Morgan fingerprint density at radius 3 is 2.00 bits per heavy atom. The third kappa shape index (κ3) is 11.8. The molecule has 0 saturated carbocycles. The van der Waals surface area contributed by atoms with Crippen molar-refractivity contribution in [2.45, 2.75) is 25.2 Å². The Kier molecular flexibility index (Phi) is 14.3. The zero-order valence-corrected chi connectivity index (χ0v) is 34.7. The molecule has 0 atom stereocenters. The van der Waals surface area contributed by atoms with Crippen LogP contribution in [-0.4, -0.2) is 61.1 Å². The smallest absolute Gasteiger partial charge is 0.433 e. The van der Waals surface area contributed by atoms with Gasteiger partial charge < -0.3 is 29.7 Å². The van der Waals surface area contributed by atoms with Crippen molar-refractivity contribution in [1.29, 1.82) is 0 Å². The van der Waals surface area contributed by atoms with E-state index in [9.17, 15) is 27.6 Å². The van der Waals surface area contributed by atoms with Gasteiger partial charge in [0.25, 0.3) is 11.8 Å². The van der Waals surface area contributed by atoms with E-state index in [-0.39, 0.29) is 42.4 Å². The number of nitrogens with zero attached hydrogens (tertiary/aromatic N) is 7. The average Bonchev–Trinajstić information content (AvgIpc) is 3.62. The number of nitrogens with one attached hydrogen (secondary N) is 2. The summed E-state index contributed by atoms with van der Waals surface area (Å²) in [6.45, 7) is 0.667. The Labute approximate surface area is 370 Å². The lowest BCUT2D eigenvalue weighted by atomic mass is 10.1. The van der Waals surface area contributed by atoms with Crippen LogP contribution in [-0.2, 0) is 17.5 Å². The van der Waals surface area contributed by atoms with Crippen LogP contribution >= 0.6 is 0 Å². The molecule has 1 heterocycles. The molecule has 1 aliphatic carbocycles. The summed E-state index contributed by atoms with van der Waals surface area (Å²) >= 11 is 0. The summed E-state index contributed by atoms with van der Waals surface area (Å²) < 4.78 is 59.3. The van der Waals surface area contributed by atoms with Crippen LogP contribution in [0.5, 0.6) is 17.4 Å². The van der Waals surface area contributed by atoms with E-state index in [1.54, 1.807) is 48.5 Å². The largest absolute Gasteiger partial charge is 0.494 e. The lowest BCUT2D eigenvalue weighted by Crippen LogP contribution is -2.34. The first-order chi connectivity index (χ1) is 31.4. The highest BCUT2D eigenvalue weighted by atomic mass is 19.4. The molecule has 3 amide bonds. The third-order valence-corrected chi connectivity index (χ3v) is 9.88. The van der Waals surface area contributed by atoms with Gasteiger partial charge in [-0.2, -0.15) is 23.4 Å². The van der Waals surface area contributed by atoms with Gasteiger partial charge in [0.15, 0.2) is 6.10 Å². The summed E-state index contributed by atoms with van der Waals surface area (Å²) in [6.07, 6.45) is -5.67. The summed E-state index contributed by atoms with van der Waals surface area (Å²) in [7, 11) is 1.42. The number of aromatic nitrogens is 1. The molecule has 0 aliphatic heterocycles. The molecular formula is C47H40F3N9O6. The van der Waals surface area contributed by atoms with E-state index in [0.717, 1.165) is 28.3 Å². The zero-order valence-electron chi connectivity index (χ0n) is 34.7. The quantitative estimate of drug-likeness (QED) is 0.0394. The van der Waals surface area contributed by atoms with Crippen molar-refractivity contribution in [2.24, 2.45) is 15.3 Å². The van der Waals surface area contributed by atoms with E-state index in [1.807, 2.05) is 48.5 Å². The first-order valence-corrected chi connectivity index (χ1v) is 20.2. The van der Waals surface area contributed by atoms with Gasteiger partial charge in [0.05, 0.1) is 18.0 Å². The average molecular weight is 884 g/mol. The molecule has 0 unspecified atom stereocenters. The molecular weight excluding hydrogens is 844 g/mol. The van der Waals surface area contributed by atoms with Crippen molar-refractivity contribution in [2.75, 3.05) is 33.3 Å². The van der Waals surface area contributed by atoms with Crippen LogP contribution in [0.15, 0.2) is 149 Å². The van der Waals surface area contributed by atoms with Gasteiger partial charge in [-0.3, -0.25) is 9.59 Å². The molecule has 6 aromatic rings. The van der Waals surface area contributed by atoms with Crippen molar-refractivity contribution < 1.29 is 41.8 Å². The van der Waals surface area contributed by atoms with E-state index in [0.29, 0.717) is 42.3 Å². The first-order valence-electron chi connectivity index (χ1n) is 20.2. The van der Waals surface area contributed by atoms with Gasteiger partial charge in [-0.05, 0) is 101 Å². The Morgan fingerprint density at radius 2 is 1.37 bits per heavy atom. The van der Waals surface area contributed by atoms with Crippen LogP contribution in [0.3, 0.4) is 0 Å². The molecule has 65 heavy (non-hydrogen) atoms. The zero-order chi connectivity index (χ0) is 45.8. The number of hydrogen-bond acceptors (Lipinski definition) is 10. The van der Waals surface area contributed by atoms with Crippen LogP contribution in [0.25, 0.3) is 21.6 Å². The van der Waals surface area contributed by atoms with Gasteiger partial charge in [0, 0.05) is 66.5 Å². The van der Waals surface area contributed by atoms with Crippen LogP contribution in [0.4, 0.5) is 29.3 Å². The highest BCUT2D eigenvalue weighted by molar-refractivity contribution is 5.95. The molecule has 15 nitrogen and oxygen atoms in total. The number of amides is 3. The van der Waals surface area contributed by atoms with E-state index in [2.05, 4.69) is 35.9 Å². The number of pyridine rings is 1. The predicted octanol–water partition coefficient (Wildman–Crippen LogP) is 10.9. The van der Waals surface area contributed by atoms with Crippen molar-refractivity contribution in [3.63, 3.8) is 0 Å². The summed E-state index contributed by atoms with van der Waals surface area (Å²) in [5.41, 5.74) is 12.3. The van der Waals surface area contributed by atoms with Crippen molar-refractivity contribution >= 4 is 29.3 Å². The summed E-state index contributed by atoms with van der Waals surface area (Å²) in [6, 6.07) is 36.4. The van der Waals surface area contributed by atoms with Crippen molar-refractivity contribution in [1.82, 2.24) is 20.5 Å². The number of hydrogen-bond donors (Lipinski definition) is 2. The van der Waals surface area contributed by atoms with Crippen molar-refractivity contribution in [3.8, 4) is 28.5 Å². The molecule has 0 radical (unpaired) electrons. The highest BCUT2D eigenvalue weighted by Crippen LogP contribution is 2.45. The molecule has 18 heteroatoms. The van der Waals surface area contributed by atoms with Crippen LogP contribution < -0.4 is 20.1 Å². The lowest BCUT2D eigenvalue weighted by Gasteiger charge is -2.22. The molecule has 0 saturated heterocycles. The molecule has 7 rings (SSSR count). The SMILES string of the molecule is CN(Cc1cc(Oc2cccc(C(=O)NCCNC(=O)c3ccc(N=Nc4ccc(OCCCN=[N+]=[N-])cc4)cc3)c2)nc(C(F)(F)F)c1)C(=O)OC1c2ccccc2-c2ccccc21. The van der Waals surface area contributed by atoms with Crippen LogP contribution in [0, 0.1) is 0 Å². The molecule has 5 aromatic carbocycles. The fourth-order valence-corrected chi connectivity index (χ4v) is 6.77. The topological polar surface area (TPSA) is 193 Å². The second-order valence-corrected chi connectivity index (χ2v) is 14.5. The molecule has 0 fully saturated rings. The minimum Gasteiger partial charge on any atom is -0.494 e. The number of ether oxygens (including phenoxy) is 3. The second-order valence-electron chi connectivity index (χ2n) is 14.5. The van der Waals surface area contributed by atoms with E-state index in [1.165, 1.54) is 42.3 Å². The van der Waals surface area contributed by atoms with E-state index in [4.69, 9.17) is 19.7 Å². The first kappa shape index (κ1) is 44.8. The second kappa shape index (κ2) is 20.8. The molecule has 330 valence electrons. The maximum absolute atomic E-state index is 14.0. The Bertz CT molecular complexity index is 2700. The third-order valence-electron chi connectivity index (χ3n) is 9.88. The molecule has 0 bridgehead atoms. The number of carbonyl (C=O) groups excluding carboxylic acids is 3. The Morgan fingerprint density at radius 1 is 0.754 bits per heavy atom. The summed E-state index contributed by atoms with van der Waals surface area (Å²) in [5.74, 6) is -0.619. The number of halogens is 3.